The number of H-pyrrole nitrogens is 1. The molecule has 0 saturated heterocycles. The van der Waals surface area contributed by atoms with Gasteiger partial charge >= 0.3 is 0 Å². The van der Waals surface area contributed by atoms with Crippen molar-refractivity contribution in [3.8, 4) is 10.6 Å². The van der Waals surface area contributed by atoms with Gasteiger partial charge in [-0.25, -0.2) is 4.98 Å². The van der Waals surface area contributed by atoms with Gasteiger partial charge in [0.1, 0.15) is 5.82 Å². The van der Waals surface area contributed by atoms with Gasteiger partial charge in [-0.3, -0.25) is 0 Å². The number of nitrogens with one attached hydrogen (secondary N) is 1. The van der Waals surface area contributed by atoms with E-state index >= 15 is 0 Å². The number of nitrogens with two attached hydrogens (primary N) is 1. The summed E-state index contributed by atoms with van der Waals surface area (Å²) in [5, 5.41) is 2.04. The van der Waals surface area contributed by atoms with Gasteiger partial charge in [0.15, 0.2) is 0 Å². The summed E-state index contributed by atoms with van der Waals surface area (Å²) >= 11 is 1.69. The molecule has 0 bridgehead atoms. The lowest BCUT2D eigenvalue weighted by molar-refractivity contribution is 0.756. The third kappa shape index (κ3) is 3.21. The van der Waals surface area contributed by atoms with E-state index in [2.05, 4.69) is 16.0 Å². The molecule has 0 amide bonds. The van der Waals surface area contributed by atoms with Gasteiger partial charge in [0.2, 0.25) is 0 Å². The molecule has 2 heterocycles. The van der Waals surface area contributed by atoms with E-state index in [1.165, 1.54) is 4.88 Å². The maximum atomic E-state index is 5.69. The van der Waals surface area contributed by atoms with Crippen LogP contribution >= 0.6 is 36.2 Å². The second-order valence-electron chi connectivity index (χ2n) is 2.95. The lowest BCUT2D eigenvalue weighted by Crippen LogP contribution is -2.06. The third-order valence-corrected chi connectivity index (χ3v) is 2.72. The zero-order valence-electron chi connectivity index (χ0n) is 8.14. The van der Waals surface area contributed by atoms with Crippen LogP contribution in [0.15, 0.2) is 23.7 Å². The molecule has 0 aliphatic heterocycles. The molecule has 2 aromatic rings. The Balaban J connectivity index is 0.000000980. The van der Waals surface area contributed by atoms with Crippen LogP contribution in [-0.4, -0.2) is 9.97 Å². The molecule has 0 aliphatic carbocycles. The van der Waals surface area contributed by atoms with Crippen molar-refractivity contribution in [1.29, 1.82) is 0 Å². The summed E-state index contributed by atoms with van der Waals surface area (Å²) in [4.78, 5) is 8.58. The summed E-state index contributed by atoms with van der Waals surface area (Å²) < 4.78 is 0. The standard InChI is InChI=1S/C9H11N3S.2ClH/c1-6(10)9-11-5-7(12-9)8-3-2-4-13-8;;/h2-6H,10H2,1H3,(H,11,12);2*1H. The number of aromatic nitrogens is 2. The van der Waals surface area contributed by atoms with Crippen LogP contribution in [0.25, 0.3) is 10.6 Å². The van der Waals surface area contributed by atoms with Crippen LogP contribution in [0.4, 0.5) is 0 Å². The molecule has 6 heteroatoms. The van der Waals surface area contributed by atoms with Gasteiger partial charge in [0.25, 0.3) is 0 Å². The summed E-state index contributed by atoms with van der Waals surface area (Å²) in [6, 6.07) is 4.05. The largest absolute Gasteiger partial charge is 0.340 e. The molecule has 1 unspecified atom stereocenters. The molecule has 84 valence electrons. The fourth-order valence-electron chi connectivity index (χ4n) is 1.13. The SMILES string of the molecule is CC(N)c1ncc(-c2cccs2)[nH]1.Cl.Cl. The molecule has 0 fully saturated rings. The minimum absolute atomic E-state index is 0. The van der Waals surface area contributed by atoms with Crippen molar-refractivity contribution in [2.45, 2.75) is 13.0 Å². The fourth-order valence-corrected chi connectivity index (χ4v) is 1.82. The molecule has 3 N–H and O–H groups in total. The van der Waals surface area contributed by atoms with E-state index in [0.29, 0.717) is 0 Å². The minimum Gasteiger partial charge on any atom is -0.340 e. The van der Waals surface area contributed by atoms with E-state index in [1.807, 2.05) is 24.6 Å². The number of aromatic amines is 1. The van der Waals surface area contributed by atoms with Crippen molar-refractivity contribution in [3.63, 3.8) is 0 Å². The normalized spacial score (nSPS) is 11.3. The Kier molecular flexibility index (Phi) is 5.90. The van der Waals surface area contributed by atoms with Crippen LogP contribution in [0, 0.1) is 0 Å². The quantitative estimate of drug-likeness (QED) is 0.877. The van der Waals surface area contributed by atoms with Crippen LogP contribution in [0.3, 0.4) is 0 Å². The Morgan fingerprint density at radius 2 is 2.20 bits per heavy atom. The number of halogens is 2. The molecule has 0 spiro atoms. The Morgan fingerprint density at radius 3 is 2.67 bits per heavy atom. The van der Waals surface area contributed by atoms with E-state index in [-0.39, 0.29) is 30.9 Å². The summed E-state index contributed by atoms with van der Waals surface area (Å²) in [5.74, 6) is 0.836. The van der Waals surface area contributed by atoms with Crippen LogP contribution in [-0.2, 0) is 0 Å². The maximum Gasteiger partial charge on any atom is 0.123 e. The highest BCUT2D eigenvalue weighted by molar-refractivity contribution is 7.13. The predicted octanol–water partition coefficient (Wildman–Crippen LogP) is 3.00. The average molecular weight is 266 g/mol. The molecule has 3 nitrogen and oxygen atoms in total. The first-order valence-corrected chi connectivity index (χ1v) is 4.99. The summed E-state index contributed by atoms with van der Waals surface area (Å²) in [5.41, 5.74) is 6.73. The topological polar surface area (TPSA) is 54.7 Å². The smallest absolute Gasteiger partial charge is 0.123 e. The van der Waals surface area contributed by atoms with E-state index in [0.717, 1.165) is 11.5 Å². The molecule has 0 radical (unpaired) electrons. The Hall–Kier alpha value is -0.550. The number of nitrogens with zero attached hydrogens (tertiary/aromatic N) is 1. The fraction of sp³-hybridized carbons (Fsp3) is 0.222. The van der Waals surface area contributed by atoms with Crippen LogP contribution in [0.2, 0.25) is 0 Å². The highest BCUT2D eigenvalue weighted by Crippen LogP contribution is 2.23. The maximum absolute atomic E-state index is 5.69. The second-order valence-corrected chi connectivity index (χ2v) is 3.90. The first kappa shape index (κ1) is 14.5. The highest BCUT2D eigenvalue weighted by Gasteiger charge is 2.06. The number of hydrogen-bond acceptors (Lipinski definition) is 3. The van der Waals surface area contributed by atoms with Gasteiger partial charge in [0, 0.05) is 0 Å². The van der Waals surface area contributed by atoms with E-state index in [4.69, 9.17) is 5.73 Å². The second kappa shape index (κ2) is 6.12. The Bertz CT molecular complexity index is 384. The molecular formula is C9H13Cl2N3S. The zero-order valence-corrected chi connectivity index (χ0v) is 10.6. The van der Waals surface area contributed by atoms with Gasteiger partial charge in [-0.1, -0.05) is 6.07 Å². The Morgan fingerprint density at radius 1 is 1.47 bits per heavy atom. The molecule has 0 aliphatic rings. The van der Waals surface area contributed by atoms with Gasteiger partial charge in [-0.15, -0.1) is 36.2 Å². The molecule has 1 atom stereocenters. The van der Waals surface area contributed by atoms with Crippen molar-refractivity contribution < 1.29 is 0 Å². The average Bonchev–Trinajstić information content (AvgIpc) is 2.75. The van der Waals surface area contributed by atoms with Crippen molar-refractivity contribution in [2.75, 3.05) is 0 Å². The van der Waals surface area contributed by atoms with Gasteiger partial charge in [-0.2, -0.15) is 0 Å². The third-order valence-electron chi connectivity index (χ3n) is 1.81. The number of thiophene rings is 1. The van der Waals surface area contributed by atoms with Crippen molar-refractivity contribution in [3.05, 3.63) is 29.5 Å². The number of imidazole rings is 1. The zero-order chi connectivity index (χ0) is 9.26. The van der Waals surface area contributed by atoms with Gasteiger partial charge in [0.05, 0.1) is 22.8 Å². The lowest BCUT2D eigenvalue weighted by atomic mass is 10.3. The molecule has 15 heavy (non-hydrogen) atoms. The van der Waals surface area contributed by atoms with Crippen molar-refractivity contribution >= 4 is 36.2 Å². The van der Waals surface area contributed by atoms with Crippen molar-refractivity contribution in [2.24, 2.45) is 5.73 Å². The van der Waals surface area contributed by atoms with Crippen LogP contribution < -0.4 is 5.73 Å². The number of hydrogen-bond donors (Lipinski definition) is 2. The highest BCUT2D eigenvalue weighted by atomic mass is 35.5. The van der Waals surface area contributed by atoms with E-state index < -0.39 is 0 Å². The van der Waals surface area contributed by atoms with E-state index in [9.17, 15) is 0 Å². The molecule has 2 rings (SSSR count). The Labute approximate surface area is 105 Å². The summed E-state index contributed by atoms with van der Waals surface area (Å²) in [6.45, 7) is 1.91. The predicted molar refractivity (Wildman–Crippen MR) is 69.0 cm³/mol. The molecule has 0 aromatic carbocycles. The first-order valence-electron chi connectivity index (χ1n) is 4.12. The first-order chi connectivity index (χ1) is 6.27. The molecule has 0 saturated carbocycles. The van der Waals surface area contributed by atoms with E-state index in [1.54, 1.807) is 11.3 Å². The van der Waals surface area contributed by atoms with Crippen molar-refractivity contribution in [1.82, 2.24) is 9.97 Å². The lowest BCUT2D eigenvalue weighted by Gasteiger charge is -1.97. The van der Waals surface area contributed by atoms with Gasteiger partial charge < -0.3 is 10.7 Å². The minimum atomic E-state index is -0.0336. The molecule has 2 aromatic heterocycles. The summed E-state index contributed by atoms with van der Waals surface area (Å²) in [6.07, 6.45) is 1.82. The van der Waals surface area contributed by atoms with Crippen LogP contribution in [0.1, 0.15) is 18.8 Å². The summed E-state index contributed by atoms with van der Waals surface area (Å²) in [7, 11) is 0. The molecular weight excluding hydrogens is 253 g/mol. The number of rotatable bonds is 2. The van der Waals surface area contributed by atoms with Gasteiger partial charge in [-0.05, 0) is 18.4 Å². The van der Waals surface area contributed by atoms with Crippen LogP contribution in [0.5, 0.6) is 0 Å². The monoisotopic (exact) mass is 265 g/mol.